The maximum Gasteiger partial charge on any atom is 0.241 e. The van der Waals surface area contributed by atoms with Crippen LogP contribution in [-0.2, 0) is 14.8 Å². The van der Waals surface area contributed by atoms with Gasteiger partial charge in [-0.1, -0.05) is 13.8 Å². The van der Waals surface area contributed by atoms with E-state index in [1.165, 1.54) is 0 Å². The Morgan fingerprint density at radius 1 is 1.20 bits per heavy atom. The van der Waals surface area contributed by atoms with Crippen molar-refractivity contribution >= 4 is 15.9 Å². The molecule has 1 saturated heterocycles. The third kappa shape index (κ3) is 4.17. The molecule has 0 aromatic carbocycles. The molecule has 0 saturated carbocycles. The molecule has 3 atom stereocenters. The molecule has 118 valence electrons. The fourth-order valence-corrected chi connectivity index (χ4v) is 3.33. The highest BCUT2D eigenvalue weighted by molar-refractivity contribution is 7.88. The van der Waals surface area contributed by atoms with Crippen molar-refractivity contribution < 1.29 is 13.2 Å². The maximum absolute atomic E-state index is 12.7. The lowest BCUT2D eigenvalue weighted by Gasteiger charge is -2.44. The second kappa shape index (κ2) is 6.41. The van der Waals surface area contributed by atoms with Crippen LogP contribution in [0.5, 0.6) is 0 Å². The number of likely N-dealkylation sites (N-methyl/N-ethyl adjacent to an activating group) is 1. The Morgan fingerprint density at radius 3 is 2.20 bits per heavy atom. The van der Waals surface area contributed by atoms with Gasteiger partial charge in [0.05, 0.1) is 6.26 Å². The number of carbonyl (C=O) groups excluding carboxylic acids is 1. The van der Waals surface area contributed by atoms with Crippen molar-refractivity contribution in [2.24, 2.45) is 5.92 Å². The highest BCUT2D eigenvalue weighted by Gasteiger charge is 2.36. The van der Waals surface area contributed by atoms with E-state index in [0.29, 0.717) is 6.54 Å². The minimum atomic E-state index is -3.40. The molecular weight excluding hydrogens is 278 g/mol. The van der Waals surface area contributed by atoms with Crippen LogP contribution in [0, 0.1) is 5.92 Å². The van der Waals surface area contributed by atoms with Crippen molar-refractivity contribution in [1.82, 2.24) is 14.5 Å². The van der Waals surface area contributed by atoms with Crippen molar-refractivity contribution in [3.8, 4) is 0 Å². The van der Waals surface area contributed by atoms with Crippen LogP contribution in [0.15, 0.2) is 0 Å². The van der Waals surface area contributed by atoms with Crippen molar-refractivity contribution in [2.75, 3.05) is 26.4 Å². The molecule has 20 heavy (non-hydrogen) atoms. The number of amides is 1. The van der Waals surface area contributed by atoms with Crippen LogP contribution >= 0.6 is 0 Å². The minimum Gasteiger partial charge on any atom is -0.336 e. The van der Waals surface area contributed by atoms with Gasteiger partial charge in [0.25, 0.3) is 0 Å². The van der Waals surface area contributed by atoms with E-state index in [1.807, 2.05) is 27.8 Å². The van der Waals surface area contributed by atoms with Crippen LogP contribution in [0.3, 0.4) is 0 Å². The Bertz CT molecular complexity index is 450. The zero-order chi connectivity index (χ0) is 15.7. The summed E-state index contributed by atoms with van der Waals surface area (Å²) in [5.41, 5.74) is 0. The Morgan fingerprint density at radius 2 is 1.75 bits per heavy atom. The first kappa shape index (κ1) is 17.4. The van der Waals surface area contributed by atoms with Crippen LogP contribution < -0.4 is 4.72 Å². The van der Waals surface area contributed by atoms with E-state index in [4.69, 9.17) is 0 Å². The summed E-state index contributed by atoms with van der Waals surface area (Å²) in [6.07, 6.45) is 1.09. The molecule has 0 radical (unpaired) electrons. The number of nitrogens with one attached hydrogen (secondary N) is 1. The molecular formula is C13H27N3O3S. The number of carbonyl (C=O) groups is 1. The lowest BCUT2D eigenvalue weighted by Crippen LogP contribution is -2.62. The summed E-state index contributed by atoms with van der Waals surface area (Å²) in [7, 11) is -1.36. The van der Waals surface area contributed by atoms with Gasteiger partial charge >= 0.3 is 0 Å². The summed E-state index contributed by atoms with van der Waals surface area (Å²) in [5, 5.41) is 0. The third-order valence-electron chi connectivity index (χ3n) is 4.14. The molecule has 3 unspecified atom stereocenters. The highest BCUT2D eigenvalue weighted by Crippen LogP contribution is 2.18. The largest absolute Gasteiger partial charge is 0.336 e. The molecule has 1 N–H and O–H groups in total. The summed E-state index contributed by atoms with van der Waals surface area (Å²) in [5.74, 6) is -0.211. The normalized spacial score (nSPS) is 26.9. The number of piperazine rings is 1. The number of hydrogen-bond acceptors (Lipinski definition) is 4. The van der Waals surface area contributed by atoms with Crippen molar-refractivity contribution in [1.29, 1.82) is 0 Å². The zero-order valence-corrected chi connectivity index (χ0v) is 14.1. The van der Waals surface area contributed by atoms with Gasteiger partial charge in [-0.05, 0) is 26.8 Å². The molecule has 1 heterocycles. The highest BCUT2D eigenvalue weighted by atomic mass is 32.2. The van der Waals surface area contributed by atoms with Gasteiger partial charge in [0.15, 0.2) is 0 Å². The van der Waals surface area contributed by atoms with E-state index in [0.717, 1.165) is 12.8 Å². The average molecular weight is 305 g/mol. The van der Waals surface area contributed by atoms with Gasteiger partial charge in [-0.3, -0.25) is 9.69 Å². The van der Waals surface area contributed by atoms with E-state index in [1.54, 1.807) is 4.90 Å². The smallest absolute Gasteiger partial charge is 0.241 e. The molecule has 1 aliphatic heterocycles. The summed E-state index contributed by atoms with van der Waals surface area (Å²) in [4.78, 5) is 16.7. The molecule has 1 rings (SSSR count). The van der Waals surface area contributed by atoms with Gasteiger partial charge in [-0.2, -0.15) is 0 Å². The third-order valence-corrected chi connectivity index (χ3v) is 4.82. The van der Waals surface area contributed by atoms with Crippen LogP contribution in [-0.4, -0.2) is 68.6 Å². The number of nitrogens with zero attached hydrogens (tertiary/aromatic N) is 2. The molecule has 7 heteroatoms. The molecule has 0 aromatic heterocycles. The van der Waals surface area contributed by atoms with E-state index in [9.17, 15) is 13.2 Å². The van der Waals surface area contributed by atoms with Crippen molar-refractivity contribution in [3.63, 3.8) is 0 Å². The Balaban J connectivity index is 2.90. The van der Waals surface area contributed by atoms with Crippen molar-refractivity contribution in [2.45, 2.75) is 45.8 Å². The summed E-state index contributed by atoms with van der Waals surface area (Å²) >= 11 is 0. The van der Waals surface area contributed by atoms with E-state index >= 15 is 0 Å². The summed E-state index contributed by atoms with van der Waals surface area (Å²) in [6, 6.07) is -0.356. The molecule has 0 aromatic rings. The van der Waals surface area contributed by atoms with Gasteiger partial charge < -0.3 is 4.90 Å². The lowest BCUT2D eigenvalue weighted by molar-refractivity contribution is -0.140. The van der Waals surface area contributed by atoms with Gasteiger partial charge in [0.2, 0.25) is 15.9 Å². The molecule has 1 aliphatic rings. The molecule has 1 fully saturated rings. The van der Waals surface area contributed by atoms with E-state index in [-0.39, 0.29) is 23.9 Å². The predicted molar refractivity (Wildman–Crippen MR) is 79.9 cm³/mol. The lowest BCUT2D eigenvalue weighted by atomic mass is 10.00. The monoisotopic (exact) mass is 305 g/mol. The number of sulfonamides is 1. The van der Waals surface area contributed by atoms with Gasteiger partial charge in [0.1, 0.15) is 6.04 Å². The molecule has 0 bridgehead atoms. The van der Waals surface area contributed by atoms with Gasteiger partial charge in [0, 0.05) is 25.2 Å². The number of hydrogen-bond donors (Lipinski definition) is 1. The van der Waals surface area contributed by atoms with Crippen LogP contribution in [0.4, 0.5) is 0 Å². The quantitative estimate of drug-likeness (QED) is 0.800. The fourth-order valence-electron chi connectivity index (χ4n) is 2.49. The van der Waals surface area contributed by atoms with Gasteiger partial charge in [-0.15, -0.1) is 0 Å². The first-order valence-electron chi connectivity index (χ1n) is 7.02. The van der Waals surface area contributed by atoms with Gasteiger partial charge in [-0.25, -0.2) is 13.1 Å². The van der Waals surface area contributed by atoms with E-state index in [2.05, 4.69) is 16.5 Å². The Hall–Kier alpha value is -0.660. The Kier molecular flexibility index (Phi) is 5.57. The molecule has 0 aliphatic carbocycles. The summed E-state index contributed by atoms with van der Waals surface area (Å²) in [6.45, 7) is 9.24. The first-order valence-corrected chi connectivity index (χ1v) is 8.91. The average Bonchev–Trinajstić information content (AvgIpc) is 2.31. The predicted octanol–water partition coefficient (Wildman–Crippen LogP) is 0.111. The van der Waals surface area contributed by atoms with Crippen LogP contribution in [0.2, 0.25) is 0 Å². The first-order chi connectivity index (χ1) is 9.04. The second-order valence-corrected chi connectivity index (χ2v) is 7.89. The summed E-state index contributed by atoms with van der Waals surface area (Å²) < 4.78 is 25.3. The fraction of sp³-hybridized carbons (Fsp3) is 0.923. The zero-order valence-electron chi connectivity index (χ0n) is 13.3. The van der Waals surface area contributed by atoms with Crippen LogP contribution in [0.1, 0.15) is 27.7 Å². The molecule has 0 spiro atoms. The molecule has 1 amide bonds. The minimum absolute atomic E-state index is 0.0730. The SMILES string of the molecule is CC(C)C(NS(C)(=O)=O)C(=O)N1CCN(C)C(C)C1C. The number of rotatable bonds is 4. The standard InChI is InChI=1S/C13H27N3O3S/c1-9(2)12(14-20(6,18)19)13(17)16-8-7-15(5)10(3)11(16)4/h9-12,14H,7-8H2,1-6H3. The Labute approximate surface area is 122 Å². The second-order valence-electron chi connectivity index (χ2n) is 6.11. The van der Waals surface area contributed by atoms with E-state index < -0.39 is 16.1 Å². The molecule has 6 nitrogen and oxygen atoms in total. The van der Waals surface area contributed by atoms with Crippen LogP contribution in [0.25, 0.3) is 0 Å². The maximum atomic E-state index is 12.7. The van der Waals surface area contributed by atoms with Crippen molar-refractivity contribution in [3.05, 3.63) is 0 Å². The topological polar surface area (TPSA) is 69.7 Å².